The number of nitrogens with zero attached hydrogens (tertiary/aromatic N) is 3. The highest BCUT2D eigenvalue weighted by Gasteiger charge is 2.61. The lowest BCUT2D eigenvalue weighted by Crippen LogP contribution is -2.59. The molecule has 4 fully saturated rings. The Bertz CT molecular complexity index is 2090. The van der Waals surface area contributed by atoms with E-state index in [2.05, 4.69) is 22.5 Å². The normalized spacial score (nSPS) is 26.9. The molecule has 1 aromatic carbocycles. The number of carbonyl (C=O) groups is 4. The number of halogens is 1. The van der Waals surface area contributed by atoms with Crippen molar-refractivity contribution >= 4 is 62.8 Å². The smallest absolute Gasteiger partial charge is 0.408 e. The molecule has 4 N–H and O–H groups in total. The van der Waals surface area contributed by atoms with E-state index >= 15 is 0 Å². The summed E-state index contributed by atoms with van der Waals surface area (Å²) in [4.78, 5) is 65.8. The fourth-order valence-corrected chi connectivity index (χ4v) is 9.33. The van der Waals surface area contributed by atoms with Crippen LogP contribution >= 0.6 is 22.9 Å². The summed E-state index contributed by atoms with van der Waals surface area (Å²) in [7, 11) is 1.51. The number of aromatic nitrogens is 2. The molecule has 312 valence electrons. The third-order valence-electron chi connectivity index (χ3n) is 11.3. The van der Waals surface area contributed by atoms with Gasteiger partial charge in [0.2, 0.25) is 11.8 Å². The van der Waals surface area contributed by atoms with Crippen LogP contribution in [0.1, 0.15) is 73.1 Å². The van der Waals surface area contributed by atoms with Crippen LogP contribution in [0.15, 0.2) is 36.2 Å². The van der Waals surface area contributed by atoms with Gasteiger partial charge in [-0.05, 0) is 50.7 Å². The Kier molecular flexibility index (Phi) is 11.6. The van der Waals surface area contributed by atoms with Gasteiger partial charge >= 0.3 is 12.1 Å². The summed E-state index contributed by atoms with van der Waals surface area (Å²) < 4.78 is 23.9. The third kappa shape index (κ3) is 8.41. The van der Waals surface area contributed by atoms with Crippen molar-refractivity contribution in [3.05, 3.63) is 41.3 Å². The molecule has 15 nitrogen and oxygen atoms in total. The van der Waals surface area contributed by atoms with E-state index in [1.54, 1.807) is 18.2 Å². The van der Waals surface area contributed by atoms with Crippen LogP contribution in [-0.4, -0.2) is 106 Å². The van der Waals surface area contributed by atoms with Crippen LogP contribution in [0.4, 0.5) is 9.93 Å². The van der Waals surface area contributed by atoms with Crippen LogP contribution in [0.3, 0.4) is 0 Å². The van der Waals surface area contributed by atoms with Crippen molar-refractivity contribution in [1.29, 1.82) is 0 Å². The number of carbonyl (C=O) groups excluding carboxylic acids is 3. The van der Waals surface area contributed by atoms with Crippen LogP contribution in [0.2, 0.25) is 5.02 Å². The average molecular weight is 839 g/mol. The van der Waals surface area contributed by atoms with Gasteiger partial charge in [0.25, 0.3) is 0 Å². The maximum absolute atomic E-state index is 14.7. The molecule has 2 bridgehead atoms. The first-order chi connectivity index (χ1) is 27.5. The van der Waals surface area contributed by atoms with E-state index in [-0.39, 0.29) is 48.8 Å². The Balaban J connectivity index is 1.20. The average Bonchev–Trinajstić information content (AvgIpc) is 3.42. The molecule has 58 heavy (non-hydrogen) atoms. The van der Waals surface area contributed by atoms with Gasteiger partial charge in [0, 0.05) is 48.1 Å². The number of carboxylic acids is 1. The molecule has 17 heteroatoms. The highest BCUT2D eigenvalue weighted by molar-refractivity contribution is 7.14. The number of anilines is 1. The minimum atomic E-state index is -1.54. The maximum Gasteiger partial charge on any atom is 0.408 e. The Labute approximate surface area is 346 Å². The van der Waals surface area contributed by atoms with E-state index in [1.165, 1.54) is 29.4 Å². The van der Waals surface area contributed by atoms with E-state index in [4.69, 9.17) is 40.5 Å². The first-order valence-corrected chi connectivity index (χ1v) is 20.9. The molecule has 4 aliphatic rings. The molecular weight excluding hydrogens is 788 g/mol. The standard InChI is InChI=1S/C41H51ClN6O9S/c1-8-21-17-41(21,37(51)52)47-35(49)29-15-25(18-48(29)36(50)34(40(4,5)6)46-39(53)57-24-13-22-9-10-23(14-24)55-22)56-31-16-27(28-19-58-38(45-28)43-20(2)3)44-33-26(31)11-12-30(54-7)32(33)42/h8,11-12,16,19-25,29,34H,1,9-10,13-15,17-18H2,2-7H3,(H,43,45)(H,46,53)(H,47,49)(H,51,52)/t21-,22-,23+,24?,25-,29+,34?,41-/m1/s1. The lowest BCUT2D eigenvalue weighted by molar-refractivity contribution is -0.146. The van der Waals surface area contributed by atoms with Crippen LogP contribution in [0, 0.1) is 11.3 Å². The van der Waals surface area contributed by atoms with Crippen molar-refractivity contribution < 1.29 is 43.2 Å². The van der Waals surface area contributed by atoms with Crippen molar-refractivity contribution in [2.24, 2.45) is 11.3 Å². The van der Waals surface area contributed by atoms with Crippen LogP contribution in [-0.2, 0) is 23.9 Å². The fraction of sp³-hybridized carbons (Fsp3) is 0.561. The van der Waals surface area contributed by atoms with Gasteiger partial charge in [0.05, 0.1) is 37.1 Å². The van der Waals surface area contributed by atoms with E-state index < -0.39 is 58.9 Å². The fourth-order valence-electron chi connectivity index (χ4n) is 8.20. The molecule has 2 aromatic heterocycles. The molecule has 1 saturated carbocycles. The van der Waals surface area contributed by atoms with E-state index in [9.17, 15) is 24.3 Å². The number of ether oxygens (including phenoxy) is 4. The first-order valence-electron chi connectivity index (χ1n) is 19.7. The van der Waals surface area contributed by atoms with Gasteiger partial charge in [-0.3, -0.25) is 9.59 Å². The van der Waals surface area contributed by atoms with Crippen molar-refractivity contribution in [2.75, 3.05) is 19.0 Å². The minimum absolute atomic E-state index is 0.0143. The second-order valence-corrected chi connectivity index (χ2v) is 18.3. The summed E-state index contributed by atoms with van der Waals surface area (Å²) in [6.45, 7) is 13.1. The number of amides is 3. The second-order valence-electron chi connectivity index (χ2n) is 17.0. The largest absolute Gasteiger partial charge is 0.495 e. The molecule has 1 aliphatic carbocycles. The van der Waals surface area contributed by atoms with Gasteiger partial charge in [-0.15, -0.1) is 17.9 Å². The molecule has 7 rings (SSSR count). The molecule has 5 heterocycles. The van der Waals surface area contributed by atoms with Crippen molar-refractivity contribution in [3.63, 3.8) is 0 Å². The highest BCUT2D eigenvalue weighted by Crippen LogP contribution is 2.45. The van der Waals surface area contributed by atoms with E-state index in [1.807, 2.05) is 40.0 Å². The van der Waals surface area contributed by atoms with Gasteiger partial charge in [0.1, 0.15) is 52.0 Å². The van der Waals surface area contributed by atoms with Crippen molar-refractivity contribution in [2.45, 2.75) is 121 Å². The number of fused-ring (bicyclic) bond motifs is 3. The number of benzene rings is 1. The van der Waals surface area contributed by atoms with E-state index in [0.29, 0.717) is 51.8 Å². The number of rotatable bonds is 13. The van der Waals surface area contributed by atoms with Crippen LogP contribution in [0.5, 0.6) is 11.5 Å². The van der Waals surface area contributed by atoms with Crippen molar-refractivity contribution in [1.82, 2.24) is 25.5 Å². The summed E-state index contributed by atoms with van der Waals surface area (Å²) in [5.41, 5.74) is -0.893. The quantitative estimate of drug-likeness (QED) is 0.143. The van der Waals surface area contributed by atoms with Gasteiger partial charge in [-0.1, -0.05) is 38.4 Å². The molecule has 3 amide bonds. The Morgan fingerprint density at radius 3 is 2.43 bits per heavy atom. The zero-order valence-corrected chi connectivity index (χ0v) is 35.1. The predicted octanol–water partition coefficient (Wildman–Crippen LogP) is 6.19. The molecule has 8 atom stereocenters. The lowest BCUT2D eigenvalue weighted by Gasteiger charge is -2.36. The Morgan fingerprint density at radius 2 is 1.81 bits per heavy atom. The summed E-state index contributed by atoms with van der Waals surface area (Å²) in [6.07, 6.45) is 2.97. The zero-order valence-electron chi connectivity index (χ0n) is 33.5. The summed E-state index contributed by atoms with van der Waals surface area (Å²) >= 11 is 8.25. The number of nitrogens with one attached hydrogen (secondary N) is 3. The number of hydrogen-bond donors (Lipinski definition) is 4. The number of alkyl carbamates (subject to hydrolysis) is 1. The number of pyridine rings is 1. The SMILES string of the molecule is C=C[C@@H]1C[C@]1(NC(=O)[C@@H]1C[C@@H](Oc2cc(-c3csc(NC(C)C)n3)nc3c(Cl)c(OC)ccc23)CN1C(=O)C(NC(=O)OC1C[C@H]2CC[C@@H](C1)O2)C(C)(C)C)C(=O)O. The minimum Gasteiger partial charge on any atom is -0.495 e. The second kappa shape index (κ2) is 16.2. The van der Waals surface area contributed by atoms with Gasteiger partial charge in [0.15, 0.2) is 5.13 Å². The number of thiazole rings is 1. The summed E-state index contributed by atoms with van der Waals surface area (Å²) in [6, 6.07) is 3.12. The number of methoxy groups -OCH3 is 1. The first kappa shape index (κ1) is 41.5. The Morgan fingerprint density at radius 1 is 1.09 bits per heavy atom. The molecular formula is C41H51ClN6O9S. The van der Waals surface area contributed by atoms with Gasteiger partial charge < -0.3 is 44.9 Å². The highest BCUT2D eigenvalue weighted by atomic mass is 35.5. The predicted molar refractivity (Wildman–Crippen MR) is 218 cm³/mol. The number of likely N-dealkylation sites (tertiary alicyclic amines) is 1. The molecule has 0 radical (unpaired) electrons. The summed E-state index contributed by atoms with van der Waals surface area (Å²) in [5, 5.41) is 22.4. The monoisotopic (exact) mass is 838 g/mol. The van der Waals surface area contributed by atoms with Crippen molar-refractivity contribution in [3.8, 4) is 22.9 Å². The van der Waals surface area contributed by atoms with Gasteiger partial charge in [-0.25, -0.2) is 19.6 Å². The molecule has 3 aliphatic heterocycles. The number of aliphatic carboxylic acids is 1. The van der Waals surface area contributed by atoms with Crippen LogP contribution < -0.4 is 25.4 Å². The number of carboxylic acid groups (broad SMARTS) is 1. The Hall–Kier alpha value is -4.67. The molecule has 0 spiro atoms. The summed E-state index contributed by atoms with van der Waals surface area (Å²) in [5.74, 6) is -2.07. The topological polar surface area (TPSA) is 191 Å². The zero-order chi connectivity index (χ0) is 41.7. The maximum atomic E-state index is 14.7. The number of hydrogen-bond acceptors (Lipinski definition) is 12. The molecule has 3 saturated heterocycles. The third-order valence-corrected chi connectivity index (χ3v) is 12.4. The van der Waals surface area contributed by atoms with E-state index in [0.717, 1.165) is 12.8 Å². The lowest BCUT2D eigenvalue weighted by atomic mass is 9.85. The van der Waals surface area contributed by atoms with Gasteiger partial charge in [-0.2, -0.15) is 0 Å². The molecule has 2 unspecified atom stereocenters. The van der Waals surface area contributed by atoms with Crippen LogP contribution in [0.25, 0.3) is 22.3 Å². The molecule has 3 aromatic rings.